The molecular weight excluding hydrogens is 507 g/mol. The van der Waals surface area contributed by atoms with Crippen LogP contribution in [0.2, 0.25) is 0 Å². The minimum absolute atomic E-state index is 0.00387. The smallest absolute Gasteiger partial charge is 0.420 e. The van der Waals surface area contributed by atoms with Gasteiger partial charge in [0, 0.05) is 29.9 Å². The highest BCUT2D eigenvalue weighted by molar-refractivity contribution is 5.59. The van der Waals surface area contributed by atoms with Gasteiger partial charge in [0.05, 0.1) is 11.8 Å². The van der Waals surface area contributed by atoms with Crippen LogP contribution in [0.3, 0.4) is 0 Å². The van der Waals surface area contributed by atoms with Crippen LogP contribution >= 0.6 is 0 Å². The molecule has 7 nitrogen and oxygen atoms in total. The van der Waals surface area contributed by atoms with Gasteiger partial charge < -0.3 is 20.7 Å². The maximum Gasteiger partial charge on any atom is 0.420 e. The summed E-state index contributed by atoms with van der Waals surface area (Å²) in [4.78, 5) is 10.6. The van der Waals surface area contributed by atoms with E-state index < -0.39 is 35.6 Å². The van der Waals surface area contributed by atoms with Gasteiger partial charge in [-0.25, -0.2) is 13.8 Å². The first-order valence-electron chi connectivity index (χ1n) is 13.0. The number of alkyl halides is 4. The number of hydrogen-bond donors (Lipinski definition) is 3. The number of benzene rings is 1. The predicted molar refractivity (Wildman–Crippen MR) is 134 cm³/mol. The Labute approximate surface area is 218 Å². The van der Waals surface area contributed by atoms with E-state index in [1.54, 1.807) is 0 Å². The fourth-order valence-corrected chi connectivity index (χ4v) is 6.00. The van der Waals surface area contributed by atoms with Gasteiger partial charge in [0.25, 0.3) is 0 Å². The monoisotopic (exact) mass is 540 g/mol. The van der Waals surface area contributed by atoms with E-state index in [0.717, 1.165) is 50.6 Å². The zero-order valence-electron chi connectivity index (χ0n) is 21.4. The minimum atomic E-state index is -4.73. The summed E-state index contributed by atoms with van der Waals surface area (Å²) in [5, 5.41) is 8.79. The summed E-state index contributed by atoms with van der Waals surface area (Å²) in [6.45, 7) is 5.93. The summed E-state index contributed by atoms with van der Waals surface area (Å²) < 4.78 is 75.7. The molecule has 0 spiro atoms. The Balaban J connectivity index is 1.32. The topological polar surface area (TPSA) is 74.3 Å². The first-order chi connectivity index (χ1) is 18.0. The van der Waals surface area contributed by atoms with E-state index in [1.807, 2.05) is 0 Å². The summed E-state index contributed by atoms with van der Waals surface area (Å²) in [5.41, 5.74) is -1.03. The van der Waals surface area contributed by atoms with Gasteiger partial charge in [-0.15, -0.1) is 0 Å². The highest BCUT2D eigenvalue weighted by atomic mass is 19.4. The number of hydrogen-bond acceptors (Lipinski definition) is 7. The summed E-state index contributed by atoms with van der Waals surface area (Å²) in [6, 6.07) is 3.82. The minimum Gasteiger partial charge on any atom is -0.487 e. The zero-order valence-corrected chi connectivity index (χ0v) is 21.4. The van der Waals surface area contributed by atoms with Crippen LogP contribution in [0.15, 0.2) is 24.4 Å². The molecule has 1 unspecified atom stereocenters. The van der Waals surface area contributed by atoms with Crippen molar-refractivity contribution in [3.8, 4) is 5.75 Å². The van der Waals surface area contributed by atoms with Crippen LogP contribution < -0.4 is 20.7 Å². The second kappa shape index (κ2) is 10.4. The highest BCUT2D eigenvalue weighted by Crippen LogP contribution is 2.40. The second-order valence-corrected chi connectivity index (χ2v) is 11.0. The number of fused-ring (bicyclic) bond motifs is 1. The average molecular weight is 541 g/mol. The van der Waals surface area contributed by atoms with Gasteiger partial charge in [0.2, 0.25) is 5.95 Å². The SMILES string of the molecule is CC1(C)C[C@H](Nc2nc(Nc3ccc(O[C@H]4CCNCC4F)c(C(F)(F)F)c3)ncc2F)C[C@@H]2CCCN21. The number of aromatic nitrogens is 2. The molecule has 0 amide bonds. The normalized spacial score (nSPS) is 27.6. The van der Waals surface area contributed by atoms with E-state index in [-0.39, 0.29) is 42.0 Å². The number of nitrogens with zero attached hydrogens (tertiary/aromatic N) is 3. The van der Waals surface area contributed by atoms with E-state index in [0.29, 0.717) is 12.6 Å². The lowest BCUT2D eigenvalue weighted by atomic mass is 9.84. The molecule has 0 bridgehead atoms. The molecule has 1 aromatic heterocycles. The number of ether oxygens (including phenoxy) is 1. The van der Waals surface area contributed by atoms with Crippen LogP contribution in [0.1, 0.15) is 51.5 Å². The molecule has 5 rings (SSSR count). The summed E-state index contributed by atoms with van der Waals surface area (Å²) in [5.74, 6) is -1.12. The Bertz CT molecular complexity index is 1150. The van der Waals surface area contributed by atoms with Crippen molar-refractivity contribution in [2.75, 3.05) is 30.3 Å². The second-order valence-electron chi connectivity index (χ2n) is 11.0. The van der Waals surface area contributed by atoms with Gasteiger partial charge in [-0.05, 0) is 77.2 Å². The van der Waals surface area contributed by atoms with Crippen molar-refractivity contribution < 1.29 is 26.7 Å². The first kappa shape index (κ1) is 26.9. The Kier molecular flexibility index (Phi) is 7.38. The maximum atomic E-state index is 14.6. The molecule has 0 radical (unpaired) electrons. The molecule has 3 saturated heterocycles. The zero-order chi connectivity index (χ0) is 27.1. The van der Waals surface area contributed by atoms with Gasteiger partial charge in [-0.2, -0.15) is 18.2 Å². The largest absolute Gasteiger partial charge is 0.487 e. The van der Waals surface area contributed by atoms with Gasteiger partial charge in [-0.3, -0.25) is 4.90 Å². The van der Waals surface area contributed by atoms with Crippen molar-refractivity contribution in [3.05, 3.63) is 35.8 Å². The highest BCUT2D eigenvalue weighted by Gasteiger charge is 2.43. The number of halogens is 5. The molecule has 4 heterocycles. The fourth-order valence-electron chi connectivity index (χ4n) is 6.00. The molecule has 1 aromatic carbocycles. The van der Waals surface area contributed by atoms with Crippen molar-refractivity contribution in [3.63, 3.8) is 0 Å². The lowest BCUT2D eigenvalue weighted by molar-refractivity contribution is -0.139. The Hall–Kier alpha value is -2.73. The number of nitrogens with one attached hydrogen (secondary N) is 3. The molecule has 3 N–H and O–H groups in total. The summed E-state index contributed by atoms with van der Waals surface area (Å²) in [7, 11) is 0. The van der Waals surface area contributed by atoms with Crippen LogP contribution in [0.5, 0.6) is 5.75 Å². The molecule has 12 heteroatoms. The fraction of sp³-hybridized carbons (Fsp3) is 0.615. The summed E-state index contributed by atoms with van der Waals surface area (Å²) >= 11 is 0. The van der Waals surface area contributed by atoms with E-state index in [1.165, 1.54) is 6.07 Å². The molecule has 4 atom stereocenters. The van der Waals surface area contributed by atoms with Crippen LogP contribution in [-0.2, 0) is 6.18 Å². The van der Waals surface area contributed by atoms with Crippen molar-refractivity contribution in [1.29, 1.82) is 0 Å². The number of rotatable bonds is 6. The third kappa shape index (κ3) is 5.80. The summed E-state index contributed by atoms with van der Waals surface area (Å²) in [6.07, 6.45) is -1.93. The van der Waals surface area contributed by atoms with Gasteiger partial charge >= 0.3 is 6.18 Å². The van der Waals surface area contributed by atoms with Gasteiger partial charge in [-0.1, -0.05) is 0 Å². The first-order valence-corrected chi connectivity index (χ1v) is 13.0. The molecule has 38 heavy (non-hydrogen) atoms. The standard InChI is InChI=1S/C26H33F5N6O/c1-25(2)12-16(10-17-4-3-9-37(17)25)34-23-20(28)14-33-24(36-23)35-15-5-6-21(18(11-15)26(29,30)31)38-22-7-8-32-13-19(22)27/h5-6,11,14,16-17,19,22,32H,3-4,7-10,12-13H2,1-2H3,(H2,33,34,35,36)/t16-,17+,19?,22+/m1/s1. The third-order valence-electron chi connectivity index (χ3n) is 7.71. The molecule has 3 aliphatic heterocycles. The van der Waals surface area contributed by atoms with Crippen LogP contribution in [0.4, 0.5) is 39.4 Å². The molecule has 2 aromatic rings. The van der Waals surface area contributed by atoms with E-state index >= 15 is 0 Å². The average Bonchev–Trinajstić information content (AvgIpc) is 3.32. The quantitative estimate of drug-likeness (QED) is 0.431. The lowest BCUT2D eigenvalue weighted by Gasteiger charge is -2.47. The van der Waals surface area contributed by atoms with E-state index in [2.05, 4.69) is 44.7 Å². The molecule has 208 valence electrons. The third-order valence-corrected chi connectivity index (χ3v) is 7.71. The maximum absolute atomic E-state index is 14.6. The van der Waals surface area contributed by atoms with Crippen LogP contribution in [0, 0.1) is 5.82 Å². The van der Waals surface area contributed by atoms with Crippen LogP contribution in [-0.4, -0.2) is 64.4 Å². The van der Waals surface area contributed by atoms with Crippen molar-refractivity contribution in [2.45, 2.75) is 82.0 Å². The predicted octanol–water partition coefficient (Wildman–Crippen LogP) is 5.27. The van der Waals surface area contributed by atoms with E-state index in [9.17, 15) is 22.0 Å². The van der Waals surface area contributed by atoms with E-state index in [4.69, 9.17) is 4.74 Å². The lowest BCUT2D eigenvalue weighted by Crippen LogP contribution is -2.55. The van der Waals surface area contributed by atoms with Gasteiger partial charge in [0.1, 0.15) is 18.0 Å². The molecule has 0 aliphatic carbocycles. The molecular formula is C26H33F5N6O. The van der Waals surface area contributed by atoms with Crippen molar-refractivity contribution in [1.82, 2.24) is 20.2 Å². The Morgan fingerprint density at radius 1 is 1.21 bits per heavy atom. The number of piperidine rings is 2. The number of anilines is 3. The van der Waals surface area contributed by atoms with Gasteiger partial charge in [0.15, 0.2) is 11.6 Å². The Morgan fingerprint density at radius 2 is 2.03 bits per heavy atom. The Morgan fingerprint density at radius 3 is 2.79 bits per heavy atom. The molecule has 3 fully saturated rings. The molecule has 3 aliphatic rings. The van der Waals surface area contributed by atoms with Crippen LogP contribution in [0.25, 0.3) is 0 Å². The van der Waals surface area contributed by atoms with Crippen molar-refractivity contribution in [2.24, 2.45) is 0 Å². The van der Waals surface area contributed by atoms with Crippen molar-refractivity contribution >= 4 is 17.5 Å². The molecule has 0 saturated carbocycles.